The monoisotopic (exact) mass is 300 g/mol. The van der Waals surface area contributed by atoms with Crippen LogP contribution >= 0.6 is 0 Å². The number of rotatable bonds is 4. The predicted molar refractivity (Wildman–Crippen MR) is 73.0 cm³/mol. The van der Waals surface area contributed by atoms with E-state index in [9.17, 15) is 23.5 Å². The van der Waals surface area contributed by atoms with Gasteiger partial charge in [0, 0.05) is 23.5 Å². The molecule has 0 radical (unpaired) electrons. The van der Waals surface area contributed by atoms with Crippen LogP contribution in [0.15, 0.2) is 35.5 Å². The van der Waals surface area contributed by atoms with E-state index in [1.807, 2.05) is 0 Å². The van der Waals surface area contributed by atoms with Gasteiger partial charge < -0.3 is 10.2 Å². The van der Waals surface area contributed by atoms with E-state index < -0.39 is 34.8 Å². The Balaban J connectivity index is 3.31. The number of alkyl halides is 2. The molecule has 0 aromatic rings. The summed E-state index contributed by atoms with van der Waals surface area (Å²) >= 11 is 0. The molecule has 1 rings (SSSR count). The number of carbonyl (C=O) groups is 2. The first-order valence-electron chi connectivity index (χ1n) is 6.35. The second kappa shape index (κ2) is 5.89. The van der Waals surface area contributed by atoms with E-state index >= 15 is 0 Å². The number of hydrogen-bond acceptors (Lipinski definition) is 3. The number of hydrogen-bond donors (Lipinski definition) is 2. The zero-order valence-corrected chi connectivity index (χ0v) is 12.1. The Morgan fingerprint density at radius 3 is 2.48 bits per heavy atom. The van der Waals surface area contributed by atoms with Crippen molar-refractivity contribution in [2.45, 2.75) is 39.2 Å². The SMILES string of the molecule is CC(=C/C(=O)O)/C=C/[C@@]1(O)C(C(F)F)=CC(=O)CC1(C)C. The van der Waals surface area contributed by atoms with Crippen LogP contribution in [0.3, 0.4) is 0 Å². The second-order valence-electron chi connectivity index (χ2n) is 5.75. The van der Waals surface area contributed by atoms with E-state index in [0.717, 1.165) is 18.2 Å². The lowest BCUT2D eigenvalue weighted by Crippen LogP contribution is -2.50. The van der Waals surface area contributed by atoms with Crippen LogP contribution < -0.4 is 0 Å². The maximum absolute atomic E-state index is 13.1. The van der Waals surface area contributed by atoms with Gasteiger partial charge in [0.15, 0.2) is 5.78 Å². The summed E-state index contributed by atoms with van der Waals surface area (Å²) < 4.78 is 26.3. The molecule has 6 heteroatoms. The molecule has 4 nitrogen and oxygen atoms in total. The molecular weight excluding hydrogens is 282 g/mol. The fourth-order valence-corrected chi connectivity index (χ4v) is 2.34. The summed E-state index contributed by atoms with van der Waals surface area (Å²) in [6.07, 6.45) is 1.01. The highest BCUT2D eigenvalue weighted by molar-refractivity contribution is 5.93. The molecule has 0 bridgehead atoms. The van der Waals surface area contributed by atoms with E-state index in [0.29, 0.717) is 0 Å². The minimum absolute atomic E-state index is 0.0776. The van der Waals surface area contributed by atoms with Gasteiger partial charge in [0.25, 0.3) is 6.43 Å². The van der Waals surface area contributed by atoms with Crippen molar-refractivity contribution in [2.75, 3.05) is 0 Å². The average Bonchev–Trinajstić information content (AvgIpc) is 2.29. The third-order valence-electron chi connectivity index (χ3n) is 3.58. The second-order valence-corrected chi connectivity index (χ2v) is 5.75. The van der Waals surface area contributed by atoms with Crippen molar-refractivity contribution in [3.05, 3.63) is 35.5 Å². The van der Waals surface area contributed by atoms with Gasteiger partial charge in [0.2, 0.25) is 0 Å². The van der Waals surface area contributed by atoms with Gasteiger partial charge >= 0.3 is 5.97 Å². The summed E-state index contributed by atoms with van der Waals surface area (Å²) in [7, 11) is 0. The number of aliphatic hydroxyl groups is 1. The lowest BCUT2D eigenvalue weighted by atomic mass is 9.64. The maximum atomic E-state index is 13.1. The van der Waals surface area contributed by atoms with Crippen LogP contribution in [-0.4, -0.2) is 34.0 Å². The number of aliphatic carboxylic acids is 1. The molecule has 0 amide bonds. The van der Waals surface area contributed by atoms with Gasteiger partial charge in [0.1, 0.15) is 5.60 Å². The molecule has 1 aliphatic carbocycles. The summed E-state index contributed by atoms with van der Waals surface area (Å²) in [6.45, 7) is 4.50. The number of halogens is 2. The number of carboxylic acid groups (broad SMARTS) is 1. The molecule has 0 aromatic heterocycles. The lowest BCUT2D eigenvalue weighted by molar-refractivity contribution is -0.131. The quantitative estimate of drug-likeness (QED) is 0.618. The molecule has 0 aromatic carbocycles. The molecule has 21 heavy (non-hydrogen) atoms. The summed E-state index contributed by atoms with van der Waals surface area (Å²) in [5, 5.41) is 19.3. The Bertz CT molecular complexity index is 544. The fraction of sp³-hybridized carbons (Fsp3) is 0.467. The third-order valence-corrected chi connectivity index (χ3v) is 3.58. The number of carbonyl (C=O) groups excluding carboxylic acids is 1. The van der Waals surface area contributed by atoms with Crippen molar-refractivity contribution in [3.8, 4) is 0 Å². The molecule has 0 heterocycles. The van der Waals surface area contributed by atoms with Crippen molar-refractivity contribution in [1.82, 2.24) is 0 Å². The van der Waals surface area contributed by atoms with Gasteiger partial charge in [-0.05, 0) is 24.6 Å². The first kappa shape index (κ1) is 17.2. The van der Waals surface area contributed by atoms with Crippen LogP contribution in [0.25, 0.3) is 0 Å². The number of carboxylic acids is 1. The van der Waals surface area contributed by atoms with Crippen molar-refractivity contribution in [1.29, 1.82) is 0 Å². The standard InChI is InChI=1S/C15H18F2O4/c1-9(6-12(19)20)4-5-15(21)11(13(16)17)7-10(18)8-14(15,2)3/h4-7,13,21H,8H2,1-3H3,(H,19,20)/b5-4+,9-6-/t15-/m1/s1. The molecule has 0 aliphatic heterocycles. The highest BCUT2D eigenvalue weighted by Gasteiger charge is 2.50. The zero-order valence-electron chi connectivity index (χ0n) is 12.1. The molecule has 1 atom stereocenters. The van der Waals surface area contributed by atoms with Crippen LogP contribution in [0, 0.1) is 5.41 Å². The van der Waals surface area contributed by atoms with Crippen LogP contribution in [0.4, 0.5) is 8.78 Å². The Morgan fingerprint density at radius 1 is 1.43 bits per heavy atom. The van der Waals surface area contributed by atoms with Crippen LogP contribution in [0.2, 0.25) is 0 Å². The molecule has 1 aliphatic rings. The fourth-order valence-electron chi connectivity index (χ4n) is 2.34. The first-order chi connectivity index (χ1) is 9.49. The summed E-state index contributed by atoms with van der Waals surface area (Å²) in [4.78, 5) is 22.1. The zero-order chi connectivity index (χ0) is 16.4. The lowest BCUT2D eigenvalue weighted by Gasteiger charge is -2.44. The van der Waals surface area contributed by atoms with E-state index in [-0.39, 0.29) is 12.0 Å². The molecular formula is C15H18F2O4. The number of ketones is 1. The Morgan fingerprint density at radius 2 is 2.00 bits per heavy atom. The predicted octanol–water partition coefficient (Wildman–Crippen LogP) is 2.50. The first-order valence-corrected chi connectivity index (χ1v) is 6.35. The molecule has 0 saturated heterocycles. The van der Waals surface area contributed by atoms with Crippen LogP contribution in [-0.2, 0) is 9.59 Å². The molecule has 0 unspecified atom stereocenters. The van der Waals surface area contributed by atoms with E-state index in [2.05, 4.69) is 0 Å². The highest BCUT2D eigenvalue weighted by atomic mass is 19.3. The van der Waals surface area contributed by atoms with Gasteiger partial charge in [-0.15, -0.1) is 0 Å². The molecule has 116 valence electrons. The van der Waals surface area contributed by atoms with Gasteiger partial charge in [-0.1, -0.05) is 19.9 Å². The summed E-state index contributed by atoms with van der Waals surface area (Å²) in [6, 6.07) is 0. The van der Waals surface area contributed by atoms with Crippen molar-refractivity contribution < 1.29 is 28.6 Å². The Kier molecular flexibility index (Phi) is 4.83. The Labute approximate surface area is 121 Å². The van der Waals surface area contributed by atoms with Crippen LogP contribution in [0.5, 0.6) is 0 Å². The largest absolute Gasteiger partial charge is 0.478 e. The molecule has 0 fully saturated rings. The van der Waals surface area contributed by atoms with Crippen LogP contribution in [0.1, 0.15) is 27.2 Å². The van der Waals surface area contributed by atoms with Gasteiger partial charge in [-0.2, -0.15) is 0 Å². The number of allylic oxidation sites excluding steroid dienone is 3. The third kappa shape index (κ3) is 3.64. The maximum Gasteiger partial charge on any atom is 0.328 e. The topological polar surface area (TPSA) is 74.6 Å². The summed E-state index contributed by atoms with van der Waals surface area (Å²) in [5.41, 5.74) is -3.51. The normalized spacial score (nSPS) is 26.3. The van der Waals surface area contributed by atoms with Gasteiger partial charge in [-0.3, -0.25) is 4.79 Å². The van der Waals surface area contributed by atoms with Crippen molar-refractivity contribution >= 4 is 11.8 Å². The van der Waals surface area contributed by atoms with Gasteiger partial charge in [0.05, 0.1) is 0 Å². The van der Waals surface area contributed by atoms with E-state index in [1.165, 1.54) is 26.8 Å². The molecule has 0 saturated carbocycles. The molecule has 0 spiro atoms. The van der Waals surface area contributed by atoms with Crippen molar-refractivity contribution in [2.24, 2.45) is 5.41 Å². The smallest absolute Gasteiger partial charge is 0.328 e. The Hall–Kier alpha value is -1.82. The van der Waals surface area contributed by atoms with E-state index in [4.69, 9.17) is 5.11 Å². The molecule has 2 N–H and O–H groups in total. The van der Waals surface area contributed by atoms with E-state index in [1.54, 1.807) is 0 Å². The minimum atomic E-state index is -2.98. The highest BCUT2D eigenvalue weighted by Crippen LogP contribution is 2.46. The summed E-state index contributed by atoms with van der Waals surface area (Å²) in [5.74, 6) is -1.64. The van der Waals surface area contributed by atoms with Crippen molar-refractivity contribution in [3.63, 3.8) is 0 Å². The minimum Gasteiger partial charge on any atom is -0.478 e. The van der Waals surface area contributed by atoms with Gasteiger partial charge in [-0.25, -0.2) is 13.6 Å². The average molecular weight is 300 g/mol.